The molecule has 1 heterocycles. The van der Waals surface area contributed by atoms with Crippen LogP contribution in [0.1, 0.15) is 43.5 Å². The number of likely N-dealkylation sites (tertiary alicyclic amines) is 1. The molecule has 0 saturated carbocycles. The number of carbonyl (C=O) groups is 2. The molecule has 0 radical (unpaired) electrons. The number of rotatable bonds is 4. The Hall–Kier alpha value is -1.91. The molecule has 5 heteroatoms. The standard InChI is InChI=1S/C17H23FN2O2/c1-3-12(2)19-16(21)14-5-4-10-20(11-14)17(22)13-6-8-15(18)9-7-13/h6-9,12,14H,3-5,10-11H2,1-2H3,(H,19,21). The molecule has 4 nitrogen and oxygen atoms in total. The van der Waals surface area contributed by atoms with Crippen LogP contribution < -0.4 is 5.32 Å². The lowest BCUT2D eigenvalue weighted by Crippen LogP contribution is -2.47. The average molecular weight is 306 g/mol. The quantitative estimate of drug-likeness (QED) is 0.929. The lowest BCUT2D eigenvalue weighted by Gasteiger charge is -2.32. The second kappa shape index (κ2) is 7.38. The van der Waals surface area contributed by atoms with Crippen molar-refractivity contribution in [3.05, 3.63) is 35.6 Å². The molecule has 0 aromatic heterocycles. The van der Waals surface area contributed by atoms with Crippen molar-refractivity contribution >= 4 is 11.8 Å². The normalized spacial score (nSPS) is 19.6. The van der Waals surface area contributed by atoms with E-state index in [1.54, 1.807) is 4.90 Å². The van der Waals surface area contributed by atoms with E-state index in [2.05, 4.69) is 5.32 Å². The predicted molar refractivity (Wildman–Crippen MR) is 82.9 cm³/mol. The van der Waals surface area contributed by atoms with Crippen LogP contribution in [0.15, 0.2) is 24.3 Å². The predicted octanol–water partition coefficient (Wildman–Crippen LogP) is 2.59. The monoisotopic (exact) mass is 306 g/mol. The molecule has 1 fully saturated rings. The van der Waals surface area contributed by atoms with Crippen molar-refractivity contribution in [2.24, 2.45) is 5.92 Å². The van der Waals surface area contributed by atoms with Crippen LogP contribution >= 0.6 is 0 Å². The highest BCUT2D eigenvalue weighted by Crippen LogP contribution is 2.19. The fourth-order valence-corrected chi connectivity index (χ4v) is 2.61. The molecule has 0 bridgehead atoms. The second-order valence-electron chi connectivity index (χ2n) is 5.92. The molecule has 1 aliphatic rings. The Balaban J connectivity index is 1.99. The Morgan fingerprint density at radius 3 is 2.68 bits per heavy atom. The van der Waals surface area contributed by atoms with Crippen molar-refractivity contribution in [3.63, 3.8) is 0 Å². The Kier molecular flexibility index (Phi) is 5.52. The number of benzene rings is 1. The van der Waals surface area contributed by atoms with Crippen molar-refractivity contribution in [1.29, 1.82) is 0 Å². The van der Waals surface area contributed by atoms with Gasteiger partial charge in [-0.05, 0) is 50.5 Å². The van der Waals surface area contributed by atoms with Crippen LogP contribution in [0.25, 0.3) is 0 Å². The minimum absolute atomic E-state index is 0.0194. The number of halogens is 1. The number of nitrogens with one attached hydrogen (secondary N) is 1. The van der Waals surface area contributed by atoms with Crippen molar-refractivity contribution in [2.45, 2.75) is 39.2 Å². The van der Waals surface area contributed by atoms with Crippen molar-refractivity contribution in [3.8, 4) is 0 Å². The lowest BCUT2D eigenvalue weighted by atomic mass is 9.96. The largest absolute Gasteiger partial charge is 0.353 e. The van der Waals surface area contributed by atoms with Crippen LogP contribution in [0.4, 0.5) is 4.39 Å². The molecule has 1 aliphatic heterocycles. The van der Waals surface area contributed by atoms with Gasteiger partial charge in [0.1, 0.15) is 5.82 Å². The summed E-state index contributed by atoms with van der Waals surface area (Å²) < 4.78 is 12.9. The summed E-state index contributed by atoms with van der Waals surface area (Å²) in [4.78, 5) is 26.3. The molecule has 1 saturated heterocycles. The van der Waals surface area contributed by atoms with Crippen LogP contribution in [0.5, 0.6) is 0 Å². The maximum Gasteiger partial charge on any atom is 0.253 e. The lowest BCUT2D eigenvalue weighted by molar-refractivity contribution is -0.126. The second-order valence-corrected chi connectivity index (χ2v) is 5.92. The van der Waals surface area contributed by atoms with Gasteiger partial charge >= 0.3 is 0 Å². The molecule has 1 aromatic carbocycles. The maximum atomic E-state index is 12.9. The summed E-state index contributed by atoms with van der Waals surface area (Å²) in [7, 11) is 0. The Morgan fingerprint density at radius 2 is 2.05 bits per heavy atom. The van der Waals surface area contributed by atoms with E-state index in [1.807, 2.05) is 13.8 Å². The van der Waals surface area contributed by atoms with Crippen LogP contribution in [0.2, 0.25) is 0 Å². The third-order valence-corrected chi connectivity index (χ3v) is 4.17. The van der Waals surface area contributed by atoms with Crippen LogP contribution in [-0.2, 0) is 4.79 Å². The van der Waals surface area contributed by atoms with Crippen molar-refractivity contribution in [2.75, 3.05) is 13.1 Å². The summed E-state index contributed by atoms with van der Waals surface area (Å²) in [6, 6.07) is 5.69. The van der Waals surface area contributed by atoms with Gasteiger partial charge in [0.15, 0.2) is 0 Å². The number of hydrogen-bond acceptors (Lipinski definition) is 2. The first-order valence-corrected chi connectivity index (χ1v) is 7.86. The molecular weight excluding hydrogens is 283 g/mol. The van der Waals surface area contributed by atoms with E-state index in [9.17, 15) is 14.0 Å². The molecule has 0 spiro atoms. The highest BCUT2D eigenvalue weighted by molar-refractivity contribution is 5.94. The molecule has 1 aromatic rings. The van der Waals surface area contributed by atoms with Gasteiger partial charge in [-0.15, -0.1) is 0 Å². The summed E-state index contributed by atoms with van der Waals surface area (Å²) in [5.41, 5.74) is 0.462. The summed E-state index contributed by atoms with van der Waals surface area (Å²) in [6.45, 7) is 5.07. The van der Waals surface area contributed by atoms with Gasteiger partial charge < -0.3 is 10.2 Å². The first-order valence-electron chi connectivity index (χ1n) is 7.86. The molecule has 120 valence electrons. The zero-order chi connectivity index (χ0) is 16.1. The molecule has 2 atom stereocenters. The molecule has 1 N–H and O–H groups in total. The third kappa shape index (κ3) is 4.06. The molecule has 22 heavy (non-hydrogen) atoms. The summed E-state index contributed by atoms with van der Waals surface area (Å²) in [5, 5.41) is 2.98. The number of nitrogens with zero attached hydrogens (tertiary/aromatic N) is 1. The smallest absolute Gasteiger partial charge is 0.253 e. The minimum Gasteiger partial charge on any atom is -0.353 e. The summed E-state index contributed by atoms with van der Waals surface area (Å²) >= 11 is 0. The minimum atomic E-state index is -0.360. The van der Waals surface area contributed by atoms with E-state index in [1.165, 1.54) is 24.3 Å². The Morgan fingerprint density at radius 1 is 1.36 bits per heavy atom. The summed E-state index contributed by atoms with van der Waals surface area (Å²) in [6.07, 6.45) is 2.50. The number of amides is 2. The Bertz CT molecular complexity index is 530. The van der Waals surface area contributed by atoms with Crippen molar-refractivity contribution < 1.29 is 14.0 Å². The first kappa shape index (κ1) is 16.5. The van der Waals surface area contributed by atoms with Crippen LogP contribution in [0.3, 0.4) is 0 Å². The van der Waals surface area contributed by atoms with Gasteiger partial charge in [0.2, 0.25) is 5.91 Å². The SMILES string of the molecule is CCC(C)NC(=O)C1CCCN(C(=O)c2ccc(F)cc2)C1. The topological polar surface area (TPSA) is 49.4 Å². The fourth-order valence-electron chi connectivity index (χ4n) is 2.61. The average Bonchev–Trinajstić information content (AvgIpc) is 2.54. The van der Waals surface area contributed by atoms with Gasteiger partial charge in [-0.1, -0.05) is 6.92 Å². The van der Waals surface area contributed by atoms with Crippen LogP contribution in [-0.4, -0.2) is 35.8 Å². The van der Waals surface area contributed by atoms with Gasteiger partial charge in [-0.3, -0.25) is 9.59 Å². The molecule has 2 amide bonds. The number of hydrogen-bond donors (Lipinski definition) is 1. The summed E-state index contributed by atoms with van der Waals surface area (Å²) in [5.74, 6) is -0.639. The van der Waals surface area contributed by atoms with E-state index in [4.69, 9.17) is 0 Å². The first-order chi connectivity index (χ1) is 10.5. The zero-order valence-corrected chi connectivity index (χ0v) is 13.1. The maximum absolute atomic E-state index is 12.9. The Labute approximate surface area is 130 Å². The molecule has 2 rings (SSSR count). The zero-order valence-electron chi connectivity index (χ0n) is 13.1. The van der Waals surface area contributed by atoms with Gasteiger partial charge in [0.05, 0.1) is 5.92 Å². The van der Waals surface area contributed by atoms with E-state index < -0.39 is 0 Å². The van der Waals surface area contributed by atoms with Crippen molar-refractivity contribution in [1.82, 2.24) is 10.2 Å². The van der Waals surface area contributed by atoms with Gasteiger partial charge in [-0.25, -0.2) is 4.39 Å². The third-order valence-electron chi connectivity index (χ3n) is 4.17. The highest BCUT2D eigenvalue weighted by atomic mass is 19.1. The molecule has 0 aliphatic carbocycles. The molecule has 2 unspecified atom stereocenters. The van der Waals surface area contributed by atoms with E-state index in [0.29, 0.717) is 18.7 Å². The van der Waals surface area contributed by atoms with Gasteiger partial charge in [-0.2, -0.15) is 0 Å². The van der Waals surface area contributed by atoms with E-state index in [-0.39, 0.29) is 29.6 Å². The van der Waals surface area contributed by atoms with Gasteiger partial charge in [0.25, 0.3) is 5.91 Å². The van der Waals surface area contributed by atoms with E-state index >= 15 is 0 Å². The van der Waals surface area contributed by atoms with E-state index in [0.717, 1.165) is 19.3 Å². The molecular formula is C17H23FN2O2. The van der Waals surface area contributed by atoms with Gasteiger partial charge in [0, 0.05) is 24.7 Å². The number of piperidine rings is 1. The number of carbonyl (C=O) groups excluding carboxylic acids is 2. The highest BCUT2D eigenvalue weighted by Gasteiger charge is 2.29. The van der Waals surface area contributed by atoms with Crippen LogP contribution in [0, 0.1) is 11.7 Å². The fraction of sp³-hybridized carbons (Fsp3) is 0.529.